The highest BCUT2D eigenvalue weighted by Crippen LogP contribution is 2.04. The lowest BCUT2D eigenvalue weighted by Crippen LogP contribution is -2.35. The summed E-state index contributed by atoms with van der Waals surface area (Å²) in [5.74, 6) is -0.174. The Hall–Kier alpha value is -2.83. The van der Waals surface area contributed by atoms with Crippen molar-refractivity contribution in [2.45, 2.75) is 26.6 Å². The molecule has 0 aliphatic carbocycles. The highest BCUT2D eigenvalue weighted by atomic mass is 16.4. The molecule has 1 aromatic heterocycles. The summed E-state index contributed by atoms with van der Waals surface area (Å²) >= 11 is 0. The molecule has 0 saturated heterocycles. The number of aryl methyl sites for hydroxylation is 1. The Bertz CT molecular complexity index is 649. The van der Waals surface area contributed by atoms with Gasteiger partial charge in [-0.3, -0.25) is 0 Å². The number of aromatic carboxylic acids is 1. The van der Waals surface area contributed by atoms with Crippen molar-refractivity contribution in [1.29, 1.82) is 0 Å². The van der Waals surface area contributed by atoms with Crippen molar-refractivity contribution in [3.63, 3.8) is 0 Å². The number of hydrogen-bond acceptors (Lipinski definition) is 3. The lowest BCUT2D eigenvalue weighted by molar-refractivity contribution is 0.0697. The normalized spacial score (nSPS) is 10.2. The van der Waals surface area contributed by atoms with E-state index in [2.05, 4.69) is 15.6 Å². The Morgan fingerprint density at radius 2 is 1.86 bits per heavy atom. The molecule has 2 aromatic rings. The first-order chi connectivity index (χ1) is 10.6. The van der Waals surface area contributed by atoms with Crippen LogP contribution >= 0.6 is 0 Å². The summed E-state index contributed by atoms with van der Waals surface area (Å²) in [4.78, 5) is 26.6. The molecular formula is C15H18N4O3. The molecule has 0 radical (unpaired) electrons. The Balaban J connectivity index is 1.79. The molecule has 0 spiro atoms. The first-order valence-electron chi connectivity index (χ1n) is 6.94. The second-order valence-electron chi connectivity index (χ2n) is 4.67. The molecule has 0 aliphatic heterocycles. The number of amides is 2. The second kappa shape index (κ2) is 7.26. The molecule has 1 aromatic carbocycles. The number of rotatable bonds is 6. The van der Waals surface area contributed by atoms with Gasteiger partial charge in [0.2, 0.25) is 0 Å². The molecular weight excluding hydrogens is 284 g/mol. The van der Waals surface area contributed by atoms with E-state index in [1.807, 2.05) is 17.7 Å². The smallest absolute Gasteiger partial charge is 0.335 e. The summed E-state index contributed by atoms with van der Waals surface area (Å²) in [6.45, 7) is 3.49. The number of hydrogen-bond donors (Lipinski definition) is 3. The van der Waals surface area contributed by atoms with Crippen molar-refractivity contribution in [3.05, 3.63) is 53.6 Å². The third-order valence-corrected chi connectivity index (χ3v) is 3.20. The number of urea groups is 1. The van der Waals surface area contributed by atoms with Crippen LogP contribution in [0.15, 0.2) is 36.7 Å². The van der Waals surface area contributed by atoms with Gasteiger partial charge in [-0.2, -0.15) is 0 Å². The number of benzene rings is 1. The van der Waals surface area contributed by atoms with E-state index >= 15 is 0 Å². The van der Waals surface area contributed by atoms with Crippen LogP contribution in [0.5, 0.6) is 0 Å². The molecule has 116 valence electrons. The Labute approximate surface area is 128 Å². The van der Waals surface area contributed by atoms with Gasteiger partial charge >= 0.3 is 12.0 Å². The average Bonchev–Trinajstić information content (AvgIpc) is 2.98. The van der Waals surface area contributed by atoms with Gasteiger partial charge in [0, 0.05) is 25.5 Å². The van der Waals surface area contributed by atoms with Crippen LogP contribution < -0.4 is 10.6 Å². The molecule has 3 N–H and O–H groups in total. The number of carboxylic acid groups (broad SMARTS) is 1. The van der Waals surface area contributed by atoms with Gasteiger partial charge in [0.1, 0.15) is 5.82 Å². The van der Waals surface area contributed by atoms with Gasteiger partial charge < -0.3 is 20.3 Å². The molecule has 0 unspecified atom stereocenters. The van der Waals surface area contributed by atoms with Crippen molar-refractivity contribution in [3.8, 4) is 0 Å². The molecule has 0 bridgehead atoms. The fourth-order valence-corrected chi connectivity index (χ4v) is 1.96. The molecule has 2 rings (SSSR count). The van der Waals surface area contributed by atoms with Crippen LogP contribution in [0.1, 0.15) is 28.7 Å². The van der Waals surface area contributed by atoms with E-state index in [0.29, 0.717) is 13.1 Å². The number of aromatic nitrogens is 2. The molecule has 7 nitrogen and oxygen atoms in total. The maximum Gasteiger partial charge on any atom is 0.335 e. The van der Waals surface area contributed by atoms with Crippen LogP contribution in [-0.4, -0.2) is 26.7 Å². The zero-order valence-electron chi connectivity index (χ0n) is 12.2. The van der Waals surface area contributed by atoms with Crippen molar-refractivity contribution >= 4 is 12.0 Å². The quantitative estimate of drug-likeness (QED) is 0.755. The molecule has 22 heavy (non-hydrogen) atoms. The largest absolute Gasteiger partial charge is 0.478 e. The van der Waals surface area contributed by atoms with Crippen molar-refractivity contribution in [2.24, 2.45) is 0 Å². The van der Waals surface area contributed by atoms with Crippen LogP contribution in [0.2, 0.25) is 0 Å². The number of imidazole rings is 1. The summed E-state index contributed by atoms with van der Waals surface area (Å²) in [5, 5.41) is 14.3. The van der Waals surface area contributed by atoms with E-state index in [4.69, 9.17) is 5.11 Å². The maximum absolute atomic E-state index is 11.7. The minimum absolute atomic E-state index is 0.222. The number of carboxylic acids is 1. The fraction of sp³-hybridized carbons (Fsp3) is 0.267. The van der Waals surface area contributed by atoms with Crippen LogP contribution in [0.25, 0.3) is 0 Å². The van der Waals surface area contributed by atoms with Crippen molar-refractivity contribution in [2.75, 3.05) is 0 Å². The minimum Gasteiger partial charge on any atom is -0.478 e. The molecule has 7 heteroatoms. The highest BCUT2D eigenvalue weighted by Gasteiger charge is 2.05. The van der Waals surface area contributed by atoms with Crippen LogP contribution in [-0.2, 0) is 19.6 Å². The number of nitrogens with one attached hydrogen (secondary N) is 2. The van der Waals surface area contributed by atoms with Gasteiger partial charge in [-0.15, -0.1) is 0 Å². The van der Waals surface area contributed by atoms with Gasteiger partial charge in [0.25, 0.3) is 0 Å². The SMILES string of the molecule is CCn1ccnc1CNC(=O)NCc1ccc(C(=O)O)cc1. The monoisotopic (exact) mass is 302 g/mol. The Morgan fingerprint density at radius 3 is 2.50 bits per heavy atom. The second-order valence-corrected chi connectivity index (χ2v) is 4.67. The molecule has 0 aliphatic rings. The van der Waals surface area contributed by atoms with Gasteiger partial charge in [-0.25, -0.2) is 14.6 Å². The predicted octanol–water partition coefficient (Wildman–Crippen LogP) is 1.60. The van der Waals surface area contributed by atoms with Gasteiger partial charge in [-0.1, -0.05) is 12.1 Å². The number of nitrogens with zero attached hydrogens (tertiary/aromatic N) is 2. The van der Waals surface area contributed by atoms with Crippen LogP contribution in [0.3, 0.4) is 0 Å². The summed E-state index contributed by atoms with van der Waals surface area (Å²) in [6.07, 6.45) is 3.56. The van der Waals surface area contributed by atoms with E-state index in [0.717, 1.165) is 17.9 Å². The van der Waals surface area contributed by atoms with Gasteiger partial charge in [-0.05, 0) is 24.6 Å². The lowest BCUT2D eigenvalue weighted by atomic mass is 10.1. The fourth-order valence-electron chi connectivity index (χ4n) is 1.96. The number of carbonyl (C=O) groups is 2. The predicted molar refractivity (Wildman–Crippen MR) is 80.4 cm³/mol. The summed E-state index contributed by atoms with van der Waals surface area (Å²) in [6, 6.07) is 6.07. The zero-order chi connectivity index (χ0) is 15.9. The molecule has 0 fully saturated rings. The zero-order valence-corrected chi connectivity index (χ0v) is 12.2. The summed E-state index contributed by atoms with van der Waals surface area (Å²) in [5.41, 5.74) is 1.05. The summed E-state index contributed by atoms with van der Waals surface area (Å²) in [7, 11) is 0. The third kappa shape index (κ3) is 4.08. The van der Waals surface area contributed by atoms with E-state index in [-0.39, 0.29) is 11.6 Å². The van der Waals surface area contributed by atoms with Crippen molar-refractivity contribution in [1.82, 2.24) is 20.2 Å². The van der Waals surface area contributed by atoms with Gasteiger partial charge in [0.05, 0.1) is 12.1 Å². The molecule has 0 saturated carbocycles. The molecule has 2 amide bonds. The Kier molecular flexibility index (Phi) is 5.13. The standard InChI is InChI=1S/C15H18N4O3/c1-2-19-8-7-16-13(19)10-18-15(22)17-9-11-3-5-12(6-4-11)14(20)21/h3-8H,2,9-10H2,1H3,(H,20,21)(H2,17,18,22). The van der Waals surface area contributed by atoms with Crippen LogP contribution in [0.4, 0.5) is 4.79 Å². The average molecular weight is 302 g/mol. The van der Waals surface area contributed by atoms with E-state index in [1.54, 1.807) is 18.3 Å². The molecule has 0 atom stereocenters. The van der Waals surface area contributed by atoms with Gasteiger partial charge in [0.15, 0.2) is 0 Å². The third-order valence-electron chi connectivity index (χ3n) is 3.20. The maximum atomic E-state index is 11.7. The number of carbonyl (C=O) groups excluding carboxylic acids is 1. The Morgan fingerprint density at radius 1 is 1.18 bits per heavy atom. The van der Waals surface area contributed by atoms with E-state index in [1.165, 1.54) is 12.1 Å². The highest BCUT2D eigenvalue weighted by molar-refractivity contribution is 5.87. The first-order valence-corrected chi connectivity index (χ1v) is 6.94. The first kappa shape index (κ1) is 15.6. The molecule has 1 heterocycles. The van der Waals surface area contributed by atoms with Crippen LogP contribution in [0, 0.1) is 0 Å². The van der Waals surface area contributed by atoms with Crippen molar-refractivity contribution < 1.29 is 14.7 Å². The topological polar surface area (TPSA) is 96.3 Å². The van der Waals surface area contributed by atoms with E-state index in [9.17, 15) is 9.59 Å². The minimum atomic E-state index is -0.969. The lowest BCUT2D eigenvalue weighted by Gasteiger charge is -2.09. The van der Waals surface area contributed by atoms with E-state index < -0.39 is 5.97 Å². The summed E-state index contributed by atoms with van der Waals surface area (Å²) < 4.78 is 1.95.